The number of nitrogens with zero attached hydrogens (tertiary/aromatic N) is 4. The molecule has 0 bridgehead atoms. The summed E-state index contributed by atoms with van der Waals surface area (Å²) < 4.78 is 0. The maximum atomic E-state index is 5.97. The number of anilines is 1. The number of rotatable bonds is 2. The minimum absolute atomic E-state index is 0.242. The fourth-order valence-corrected chi connectivity index (χ4v) is 2.78. The SMILES string of the molecule is N[C@@H]1CCN(c2cccc(-c3n[nH]c4ncccc34)n2)C1. The van der Waals surface area contributed by atoms with Crippen molar-refractivity contribution in [3.8, 4) is 11.4 Å². The highest BCUT2D eigenvalue weighted by atomic mass is 15.2. The smallest absolute Gasteiger partial charge is 0.155 e. The van der Waals surface area contributed by atoms with Gasteiger partial charge >= 0.3 is 0 Å². The number of aromatic nitrogens is 4. The van der Waals surface area contributed by atoms with Crippen LogP contribution in [0.4, 0.5) is 5.82 Å². The fraction of sp³-hybridized carbons (Fsp3) is 0.267. The average Bonchev–Trinajstić information content (AvgIpc) is 3.13. The van der Waals surface area contributed by atoms with E-state index < -0.39 is 0 Å². The van der Waals surface area contributed by atoms with Crippen molar-refractivity contribution in [2.24, 2.45) is 5.73 Å². The normalized spacial score (nSPS) is 18.5. The topological polar surface area (TPSA) is 83.7 Å². The van der Waals surface area contributed by atoms with Crippen molar-refractivity contribution in [2.75, 3.05) is 18.0 Å². The van der Waals surface area contributed by atoms with Crippen molar-refractivity contribution >= 4 is 16.9 Å². The Labute approximate surface area is 122 Å². The van der Waals surface area contributed by atoms with Crippen LogP contribution < -0.4 is 10.6 Å². The zero-order valence-corrected chi connectivity index (χ0v) is 11.5. The first kappa shape index (κ1) is 12.3. The van der Waals surface area contributed by atoms with Crippen LogP contribution in [-0.4, -0.2) is 39.3 Å². The first-order valence-corrected chi connectivity index (χ1v) is 7.08. The highest BCUT2D eigenvalue weighted by Gasteiger charge is 2.21. The van der Waals surface area contributed by atoms with E-state index in [4.69, 9.17) is 10.7 Å². The summed E-state index contributed by atoms with van der Waals surface area (Å²) in [5.41, 5.74) is 8.45. The van der Waals surface area contributed by atoms with Gasteiger partial charge in [-0.15, -0.1) is 0 Å². The van der Waals surface area contributed by atoms with E-state index in [0.29, 0.717) is 0 Å². The van der Waals surface area contributed by atoms with Gasteiger partial charge in [0, 0.05) is 30.7 Å². The first-order valence-electron chi connectivity index (χ1n) is 7.08. The zero-order chi connectivity index (χ0) is 14.2. The predicted octanol–water partition coefficient (Wildman–Crippen LogP) is 1.56. The summed E-state index contributed by atoms with van der Waals surface area (Å²) in [6, 6.07) is 10.2. The molecule has 0 aromatic carbocycles. The van der Waals surface area contributed by atoms with Crippen LogP contribution >= 0.6 is 0 Å². The van der Waals surface area contributed by atoms with Gasteiger partial charge in [0.15, 0.2) is 5.65 Å². The molecule has 3 aromatic rings. The van der Waals surface area contributed by atoms with E-state index >= 15 is 0 Å². The molecule has 1 aliphatic heterocycles. The Kier molecular flexibility index (Phi) is 2.82. The lowest BCUT2D eigenvalue weighted by Crippen LogP contribution is -2.26. The van der Waals surface area contributed by atoms with Gasteiger partial charge in [-0.3, -0.25) is 5.10 Å². The Morgan fingerprint density at radius 1 is 1.24 bits per heavy atom. The lowest BCUT2D eigenvalue weighted by molar-refractivity contribution is 0.751. The standard InChI is InChI=1S/C15H16N6/c16-10-6-8-21(9-10)13-5-1-4-12(18-13)14-11-3-2-7-17-15(11)20-19-14/h1-5,7,10H,6,8-9,16H2,(H,17,19,20)/t10-/m1/s1. The number of hydrogen-bond donors (Lipinski definition) is 2. The molecule has 4 rings (SSSR count). The first-order chi connectivity index (χ1) is 10.3. The predicted molar refractivity (Wildman–Crippen MR) is 81.9 cm³/mol. The lowest BCUT2D eigenvalue weighted by atomic mass is 10.2. The molecule has 0 unspecified atom stereocenters. The Balaban J connectivity index is 1.75. The van der Waals surface area contributed by atoms with Crippen LogP contribution in [0.1, 0.15) is 6.42 Å². The second kappa shape index (κ2) is 4.82. The molecule has 4 heterocycles. The molecule has 0 radical (unpaired) electrons. The minimum Gasteiger partial charge on any atom is -0.355 e. The fourth-order valence-electron chi connectivity index (χ4n) is 2.78. The van der Waals surface area contributed by atoms with E-state index in [2.05, 4.69) is 20.1 Å². The Hall–Kier alpha value is -2.47. The minimum atomic E-state index is 0.242. The summed E-state index contributed by atoms with van der Waals surface area (Å²) in [4.78, 5) is 11.2. The van der Waals surface area contributed by atoms with Crippen LogP contribution in [0.15, 0.2) is 36.5 Å². The van der Waals surface area contributed by atoms with Gasteiger partial charge in [-0.25, -0.2) is 9.97 Å². The molecule has 0 spiro atoms. The van der Waals surface area contributed by atoms with Gasteiger partial charge in [-0.1, -0.05) is 6.07 Å². The van der Waals surface area contributed by atoms with Gasteiger partial charge < -0.3 is 10.6 Å². The van der Waals surface area contributed by atoms with E-state index in [0.717, 1.165) is 47.7 Å². The van der Waals surface area contributed by atoms with Gasteiger partial charge in [0.25, 0.3) is 0 Å². The largest absolute Gasteiger partial charge is 0.355 e. The van der Waals surface area contributed by atoms with E-state index in [1.54, 1.807) is 6.20 Å². The van der Waals surface area contributed by atoms with Crippen molar-refractivity contribution in [3.05, 3.63) is 36.5 Å². The summed E-state index contributed by atoms with van der Waals surface area (Å²) in [5, 5.41) is 8.29. The Morgan fingerprint density at radius 2 is 2.19 bits per heavy atom. The molecular weight excluding hydrogens is 264 g/mol. The Bertz CT molecular complexity index is 780. The second-order valence-corrected chi connectivity index (χ2v) is 5.35. The number of pyridine rings is 2. The molecule has 3 N–H and O–H groups in total. The third-order valence-corrected chi connectivity index (χ3v) is 3.86. The van der Waals surface area contributed by atoms with Crippen LogP contribution in [0.3, 0.4) is 0 Å². The summed E-state index contributed by atoms with van der Waals surface area (Å²) in [5.74, 6) is 0.959. The molecule has 21 heavy (non-hydrogen) atoms. The lowest BCUT2D eigenvalue weighted by Gasteiger charge is -2.17. The van der Waals surface area contributed by atoms with Crippen molar-refractivity contribution in [1.29, 1.82) is 0 Å². The van der Waals surface area contributed by atoms with Crippen LogP contribution in [0.5, 0.6) is 0 Å². The molecule has 1 fully saturated rings. The molecule has 1 atom stereocenters. The Morgan fingerprint density at radius 3 is 3.05 bits per heavy atom. The highest BCUT2D eigenvalue weighted by Crippen LogP contribution is 2.26. The molecule has 0 saturated carbocycles. The maximum Gasteiger partial charge on any atom is 0.155 e. The number of nitrogens with one attached hydrogen (secondary N) is 1. The number of aromatic amines is 1. The molecule has 6 nitrogen and oxygen atoms in total. The zero-order valence-electron chi connectivity index (χ0n) is 11.5. The summed E-state index contributed by atoms with van der Waals surface area (Å²) >= 11 is 0. The molecule has 106 valence electrons. The van der Waals surface area contributed by atoms with Gasteiger partial charge in [0.1, 0.15) is 11.5 Å². The van der Waals surface area contributed by atoms with Gasteiger partial charge in [-0.2, -0.15) is 5.10 Å². The van der Waals surface area contributed by atoms with Crippen LogP contribution in [0.2, 0.25) is 0 Å². The third-order valence-electron chi connectivity index (χ3n) is 3.86. The monoisotopic (exact) mass is 280 g/mol. The van der Waals surface area contributed by atoms with E-state index in [-0.39, 0.29) is 6.04 Å². The number of hydrogen-bond acceptors (Lipinski definition) is 5. The second-order valence-electron chi connectivity index (χ2n) is 5.35. The third kappa shape index (κ3) is 2.13. The molecular formula is C15H16N6. The summed E-state index contributed by atoms with van der Waals surface area (Å²) in [6.45, 7) is 1.82. The molecule has 6 heteroatoms. The molecule has 0 aliphatic carbocycles. The van der Waals surface area contributed by atoms with Gasteiger partial charge in [0.05, 0.1) is 5.69 Å². The van der Waals surface area contributed by atoms with Crippen LogP contribution in [0, 0.1) is 0 Å². The van der Waals surface area contributed by atoms with Crippen molar-refractivity contribution in [3.63, 3.8) is 0 Å². The highest BCUT2D eigenvalue weighted by molar-refractivity contribution is 5.89. The van der Waals surface area contributed by atoms with Crippen molar-refractivity contribution < 1.29 is 0 Å². The van der Waals surface area contributed by atoms with Crippen LogP contribution in [0.25, 0.3) is 22.4 Å². The van der Waals surface area contributed by atoms with Crippen molar-refractivity contribution in [1.82, 2.24) is 20.2 Å². The average molecular weight is 280 g/mol. The molecule has 1 saturated heterocycles. The van der Waals surface area contributed by atoms with Crippen molar-refractivity contribution in [2.45, 2.75) is 12.5 Å². The quantitative estimate of drug-likeness (QED) is 0.744. The molecule has 1 aliphatic rings. The maximum absolute atomic E-state index is 5.97. The summed E-state index contributed by atoms with van der Waals surface area (Å²) in [7, 11) is 0. The molecule has 3 aromatic heterocycles. The molecule has 0 amide bonds. The van der Waals surface area contributed by atoms with E-state index in [9.17, 15) is 0 Å². The summed E-state index contributed by atoms with van der Waals surface area (Å²) in [6.07, 6.45) is 2.76. The van der Waals surface area contributed by atoms with E-state index in [1.807, 2.05) is 30.3 Å². The van der Waals surface area contributed by atoms with Gasteiger partial charge in [-0.05, 0) is 30.7 Å². The number of nitrogens with two attached hydrogens (primary N) is 1. The number of fused-ring (bicyclic) bond motifs is 1. The van der Waals surface area contributed by atoms with Gasteiger partial charge in [0.2, 0.25) is 0 Å². The van der Waals surface area contributed by atoms with E-state index in [1.165, 1.54) is 0 Å². The van der Waals surface area contributed by atoms with Crippen LogP contribution in [-0.2, 0) is 0 Å². The number of H-pyrrole nitrogens is 1.